The number of carbonyl (C=O) groups excluding carboxylic acids is 3. The Morgan fingerprint density at radius 1 is 1.00 bits per heavy atom. The average Bonchev–Trinajstić information content (AvgIpc) is 2.53. The molecule has 24 heavy (non-hydrogen) atoms. The second-order valence-electron chi connectivity index (χ2n) is 4.64. The number of amides is 1. The molecule has 0 atom stereocenters. The maximum Gasteiger partial charge on any atom is 0.340 e. The van der Waals surface area contributed by atoms with E-state index in [0.29, 0.717) is 0 Å². The van der Waals surface area contributed by atoms with E-state index in [2.05, 4.69) is 5.32 Å². The second-order valence-corrected chi connectivity index (χ2v) is 4.64. The molecule has 8 heteroatoms. The highest BCUT2D eigenvalue weighted by molar-refractivity contribution is 6.03. The Labute approximate surface area is 138 Å². The molecule has 0 aromatic heterocycles. The van der Waals surface area contributed by atoms with Crippen LogP contribution >= 0.6 is 0 Å². The fourth-order valence-electron chi connectivity index (χ4n) is 1.81. The molecular weight excluding hydrogens is 318 g/mol. The van der Waals surface area contributed by atoms with Crippen LogP contribution in [0.5, 0.6) is 0 Å². The van der Waals surface area contributed by atoms with Gasteiger partial charge in [-0.05, 0) is 32.0 Å². The molecule has 0 fully saturated rings. The third kappa shape index (κ3) is 5.71. The van der Waals surface area contributed by atoms with Gasteiger partial charge < -0.3 is 19.9 Å². The Hall–Kier alpha value is -2.90. The molecule has 0 bridgehead atoms. The lowest BCUT2D eigenvalue weighted by molar-refractivity contribution is -0.138. The van der Waals surface area contributed by atoms with Crippen molar-refractivity contribution in [1.82, 2.24) is 0 Å². The van der Waals surface area contributed by atoms with Crippen molar-refractivity contribution in [2.75, 3.05) is 18.5 Å². The minimum Gasteiger partial charge on any atom is -0.481 e. The van der Waals surface area contributed by atoms with Crippen LogP contribution in [0.2, 0.25) is 0 Å². The Bertz CT molecular complexity index is 639. The SMILES string of the molecule is CCOC(=O)c1ccc(C(=O)OCC)c(NC(=O)CCC(=O)O)c1. The molecule has 0 aliphatic carbocycles. The number of ether oxygens (including phenoxy) is 2. The van der Waals surface area contributed by atoms with Crippen LogP contribution in [0.3, 0.4) is 0 Å². The van der Waals surface area contributed by atoms with Crippen LogP contribution in [-0.2, 0) is 19.1 Å². The van der Waals surface area contributed by atoms with Gasteiger partial charge >= 0.3 is 17.9 Å². The van der Waals surface area contributed by atoms with Gasteiger partial charge in [0.15, 0.2) is 0 Å². The number of aliphatic carboxylic acids is 1. The molecule has 0 radical (unpaired) electrons. The Morgan fingerprint density at radius 2 is 1.62 bits per heavy atom. The Balaban J connectivity index is 3.07. The molecule has 0 aliphatic rings. The van der Waals surface area contributed by atoms with Crippen molar-refractivity contribution in [1.29, 1.82) is 0 Å². The third-order valence-corrected chi connectivity index (χ3v) is 2.87. The lowest BCUT2D eigenvalue weighted by atomic mass is 10.1. The molecule has 1 rings (SSSR count). The number of benzene rings is 1. The van der Waals surface area contributed by atoms with Crippen LogP contribution in [0.15, 0.2) is 18.2 Å². The lowest BCUT2D eigenvalue weighted by Gasteiger charge is -2.12. The summed E-state index contributed by atoms with van der Waals surface area (Å²) in [5, 5.41) is 11.0. The lowest BCUT2D eigenvalue weighted by Crippen LogP contribution is -2.17. The number of anilines is 1. The van der Waals surface area contributed by atoms with E-state index < -0.39 is 23.8 Å². The molecule has 0 saturated heterocycles. The minimum atomic E-state index is -1.11. The number of carboxylic acid groups (broad SMARTS) is 1. The Morgan fingerprint density at radius 3 is 2.21 bits per heavy atom. The van der Waals surface area contributed by atoms with E-state index >= 15 is 0 Å². The van der Waals surface area contributed by atoms with Gasteiger partial charge in [-0.1, -0.05) is 0 Å². The molecule has 1 amide bonds. The highest BCUT2D eigenvalue weighted by Gasteiger charge is 2.18. The van der Waals surface area contributed by atoms with E-state index in [9.17, 15) is 19.2 Å². The van der Waals surface area contributed by atoms with E-state index in [4.69, 9.17) is 14.6 Å². The zero-order chi connectivity index (χ0) is 18.1. The summed E-state index contributed by atoms with van der Waals surface area (Å²) in [6.07, 6.45) is -0.612. The predicted octanol–water partition coefficient (Wildman–Crippen LogP) is 1.84. The first-order chi connectivity index (χ1) is 11.4. The maximum absolute atomic E-state index is 11.9. The average molecular weight is 337 g/mol. The predicted molar refractivity (Wildman–Crippen MR) is 83.9 cm³/mol. The second kappa shape index (κ2) is 9.29. The smallest absolute Gasteiger partial charge is 0.340 e. The van der Waals surface area contributed by atoms with Crippen molar-refractivity contribution in [2.45, 2.75) is 26.7 Å². The molecule has 0 heterocycles. The number of carbonyl (C=O) groups is 4. The van der Waals surface area contributed by atoms with Gasteiger partial charge in [-0.3, -0.25) is 9.59 Å². The van der Waals surface area contributed by atoms with Gasteiger partial charge in [-0.15, -0.1) is 0 Å². The van der Waals surface area contributed by atoms with Crippen LogP contribution in [0, 0.1) is 0 Å². The van der Waals surface area contributed by atoms with Gasteiger partial charge in [0.1, 0.15) is 0 Å². The van der Waals surface area contributed by atoms with E-state index in [0.717, 1.165) is 0 Å². The van der Waals surface area contributed by atoms with Crippen molar-refractivity contribution in [3.05, 3.63) is 29.3 Å². The fourth-order valence-corrected chi connectivity index (χ4v) is 1.81. The largest absolute Gasteiger partial charge is 0.481 e. The maximum atomic E-state index is 11.9. The summed E-state index contributed by atoms with van der Waals surface area (Å²) in [6.45, 7) is 3.61. The fraction of sp³-hybridized carbons (Fsp3) is 0.375. The summed E-state index contributed by atoms with van der Waals surface area (Å²) in [4.78, 5) is 46.0. The van der Waals surface area contributed by atoms with Crippen molar-refractivity contribution < 1.29 is 33.8 Å². The molecule has 0 aliphatic heterocycles. The molecule has 1 aromatic carbocycles. The molecule has 0 spiro atoms. The molecule has 130 valence electrons. The summed E-state index contributed by atoms with van der Waals surface area (Å²) in [7, 11) is 0. The van der Waals surface area contributed by atoms with Crippen LogP contribution < -0.4 is 5.32 Å². The molecule has 1 aromatic rings. The monoisotopic (exact) mass is 337 g/mol. The topological polar surface area (TPSA) is 119 Å². The first-order valence-electron chi connectivity index (χ1n) is 7.39. The summed E-state index contributed by atoms with van der Waals surface area (Å²) in [5.74, 6) is -2.98. The first kappa shape index (κ1) is 19.1. The molecule has 8 nitrogen and oxygen atoms in total. The highest BCUT2D eigenvalue weighted by Crippen LogP contribution is 2.20. The highest BCUT2D eigenvalue weighted by atomic mass is 16.5. The zero-order valence-electron chi connectivity index (χ0n) is 13.5. The standard InChI is InChI=1S/C16H19NO7/c1-3-23-15(21)10-5-6-11(16(22)24-4-2)12(9-10)17-13(18)7-8-14(19)20/h5-6,9H,3-4,7-8H2,1-2H3,(H,17,18)(H,19,20). The van der Waals surface area contributed by atoms with Gasteiger partial charge in [0.25, 0.3) is 0 Å². The Kier molecular flexibility index (Phi) is 7.41. The van der Waals surface area contributed by atoms with Gasteiger partial charge in [0.2, 0.25) is 5.91 Å². The van der Waals surface area contributed by atoms with Crippen LogP contribution in [0.4, 0.5) is 5.69 Å². The van der Waals surface area contributed by atoms with Crippen LogP contribution in [0.1, 0.15) is 47.4 Å². The van der Waals surface area contributed by atoms with Gasteiger partial charge in [0, 0.05) is 6.42 Å². The number of nitrogens with one attached hydrogen (secondary N) is 1. The number of rotatable bonds is 8. The zero-order valence-corrected chi connectivity index (χ0v) is 13.5. The normalized spacial score (nSPS) is 9.92. The number of hydrogen-bond acceptors (Lipinski definition) is 6. The summed E-state index contributed by atoms with van der Waals surface area (Å²) in [6, 6.07) is 4.02. The van der Waals surface area contributed by atoms with Crippen molar-refractivity contribution in [2.24, 2.45) is 0 Å². The van der Waals surface area contributed by atoms with E-state index in [1.165, 1.54) is 18.2 Å². The van der Waals surface area contributed by atoms with Crippen molar-refractivity contribution in [3.63, 3.8) is 0 Å². The molecule has 0 unspecified atom stereocenters. The van der Waals surface area contributed by atoms with Crippen molar-refractivity contribution >= 4 is 29.5 Å². The van der Waals surface area contributed by atoms with E-state index in [-0.39, 0.29) is 42.9 Å². The quantitative estimate of drug-likeness (QED) is 0.695. The van der Waals surface area contributed by atoms with Crippen LogP contribution in [0.25, 0.3) is 0 Å². The number of hydrogen-bond donors (Lipinski definition) is 2. The summed E-state index contributed by atoms with van der Waals surface area (Å²) in [5.41, 5.74) is 0.279. The first-order valence-corrected chi connectivity index (χ1v) is 7.39. The summed E-state index contributed by atoms with van der Waals surface area (Å²) < 4.78 is 9.76. The van der Waals surface area contributed by atoms with Gasteiger partial charge in [-0.25, -0.2) is 9.59 Å². The van der Waals surface area contributed by atoms with E-state index in [1.807, 2.05) is 0 Å². The minimum absolute atomic E-state index is 0.0635. The molecule has 2 N–H and O–H groups in total. The summed E-state index contributed by atoms with van der Waals surface area (Å²) >= 11 is 0. The number of carboxylic acids is 1. The third-order valence-electron chi connectivity index (χ3n) is 2.87. The van der Waals surface area contributed by atoms with Gasteiger partial charge in [0.05, 0.1) is 36.4 Å². The molecule has 0 saturated carbocycles. The van der Waals surface area contributed by atoms with E-state index in [1.54, 1.807) is 13.8 Å². The molecular formula is C16H19NO7. The van der Waals surface area contributed by atoms with Crippen molar-refractivity contribution in [3.8, 4) is 0 Å². The number of esters is 2. The van der Waals surface area contributed by atoms with Crippen LogP contribution in [-0.4, -0.2) is 42.1 Å². The van der Waals surface area contributed by atoms with Gasteiger partial charge in [-0.2, -0.15) is 0 Å².